The highest BCUT2D eigenvalue weighted by atomic mass is 15.1. The lowest BCUT2D eigenvalue weighted by molar-refractivity contribution is 0.996. The maximum absolute atomic E-state index is 8.10. The van der Waals surface area contributed by atoms with Gasteiger partial charge in [-0.2, -0.15) is 0 Å². The van der Waals surface area contributed by atoms with E-state index in [-0.39, 0.29) is 0 Å². The van der Waals surface area contributed by atoms with Crippen molar-refractivity contribution in [2.75, 3.05) is 6.54 Å². The van der Waals surface area contributed by atoms with Crippen LogP contribution in [0.1, 0.15) is 12.0 Å². The number of H-pyrrole nitrogens is 1. The minimum absolute atomic E-state index is 0.499. The Labute approximate surface area is 92.4 Å². The molecule has 0 spiro atoms. The van der Waals surface area contributed by atoms with Crippen LogP contribution < -0.4 is 0 Å². The Morgan fingerprint density at radius 1 is 1.50 bits per heavy atom. The van der Waals surface area contributed by atoms with Crippen molar-refractivity contribution in [2.45, 2.75) is 6.42 Å². The van der Waals surface area contributed by atoms with Gasteiger partial charge in [-0.15, -0.1) is 0 Å². The number of hydrogen-bond acceptors (Lipinski definition) is 2. The third kappa shape index (κ3) is 2.40. The highest BCUT2D eigenvalue weighted by Gasteiger charge is 1.94. The van der Waals surface area contributed by atoms with Crippen molar-refractivity contribution in [3.05, 3.63) is 46.6 Å². The lowest BCUT2D eigenvalue weighted by Gasteiger charge is -1.93. The average molecular weight is 213 g/mol. The fourth-order valence-electron chi connectivity index (χ4n) is 1.45. The molecule has 1 aromatic heterocycles. The van der Waals surface area contributed by atoms with E-state index in [4.69, 9.17) is 5.53 Å². The van der Waals surface area contributed by atoms with E-state index < -0.39 is 0 Å². The zero-order valence-electron chi connectivity index (χ0n) is 8.67. The molecule has 0 aliphatic rings. The molecule has 0 fully saturated rings. The van der Waals surface area contributed by atoms with Crippen molar-refractivity contribution in [1.29, 1.82) is 0 Å². The molecule has 0 bridgehead atoms. The summed E-state index contributed by atoms with van der Waals surface area (Å²) in [6.07, 6.45) is 6.43. The van der Waals surface area contributed by atoms with Crippen molar-refractivity contribution < 1.29 is 0 Å². The molecule has 2 rings (SSSR count). The first kappa shape index (κ1) is 10.3. The molecule has 1 heterocycles. The molecule has 0 atom stereocenters. The number of aromatic nitrogens is 2. The van der Waals surface area contributed by atoms with E-state index in [1.807, 2.05) is 30.4 Å². The Balaban J connectivity index is 2.05. The zero-order chi connectivity index (χ0) is 11.2. The second-order valence-electron chi connectivity index (χ2n) is 3.32. The first-order valence-electron chi connectivity index (χ1n) is 5.00. The monoisotopic (exact) mass is 213 g/mol. The Hall–Kier alpha value is -2.26. The number of hydrogen-bond donors (Lipinski definition) is 1. The number of azide groups is 1. The number of rotatable bonds is 4. The molecule has 0 amide bonds. The maximum Gasteiger partial charge on any atom is 0.0931 e. The van der Waals surface area contributed by atoms with Gasteiger partial charge in [0.15, 0.2) is 0 Å². The maximum atomic E-state index is 8.10. The predicted octanol–water partition coefficient (Wildman–Crippen LogP) is 3.28. The van der Waals surface area contributed by atoms with Crippen LogP contribution in [-0.2, 0) is 0 Å². The van der Waals surface area contributed by atoms with Gasteiger partial charge in [-0.1, -0.05) is 23.3 Å². The molecule has 0 unspecified atom stereocenters. The number of nitrogens with one attached hydrogen (secondary N) is 1. The Morgan fingerprint density at radius 2 is 2.44 bits per heavy atom. The van der Waals surface area contributed by atoms with Crippen LogP contribution in [0.15, 0.2) is 35.7 Å². The summed E-state index contributed by atoms with van der Waals surface area (Å²) >= 11 is 0. The van der Waals surface area contributed by atoms with Crippen molar-refractivity contribution in [3.63, 3.8) is 0 Å². The molecule has 16 heavy (non-hydrogen) atoms. The van der Waals surface area contributed by atoms with E-state index in [0.717, 1.165) is 23.0 Å². The van der Waals surface area contributed by atoms with Gasteiger partial charge in [0, 0.05) is 11.5 Å². The normalized spacial score (nSPS) is 10.8. The van der Waals surface area contributed by atoms with Crippen molar-refractivity contribution >= 4 is 17.1 Å². The summed E-state index contributed by atoms with van der Waals surface area (Å²) in [6.45, 7) is 0.499. The van der Waals surface area contributed by atoms with Crippen LogP contribution in [0.2, 0.25) is 0 Å². The quantitative estimate of drug-likeness (QED) is 0.359. The molecule has 1 aromatic carbocycles. The Kier molecular flexibility index (Phi) is 3.21. The van der Waals surface area contributed by atoms with E-state index in [1.54, 1.807) is 6.33 Å². The molecule has 0 radical (unpaired) electrons. The van der Waals surface area contributed by atoms with E-state index >= 15 is 0 Å². The smallest absolute Gasteiger partial charge is 0.0931 e. The van der Waals surface area contributed by atoms with Gasteiger partial charge in [-0.3, -0.25) is 0 Å². The first-order valence-corrected chi connectivity index (χ1v) is 5.00. The van der Waals surface area contributed by atoms with E-state index in [1.165, 1.54) is 0 Å². The largest absolute Gasteiger partial charge is 0.345 e. The van der Waals surface area contributed by atoms with Crippen LogP contribution in [-0.4, -0.2) is 16.5 Å². The Morgan fingerprint density at radius 3 is 3.31 bits per heavy atom. The van der Waals surface area contributed by atoms with Gasteiger partial charge < -0.3 is 4.98 Å². The summed E-state index contributed by atoms with van der Waals surface area (Å²) in [5.74, 6) is 0. The zero-order valence-corrected chi connectivity index (χ0v) is 8.67. The highest BCUT2D eigenvalue weighted by Crippen LogP contribution is 2.12. The predicted molar refractivity (Wildman–Crippen MR) is 63.8 cm³/mol. The van der Waals surface area contributed by atoms with Gasteiger partial charge in [0.2, 0.25) is 0 Å². The first-order chi connectivity index (χ1) is 7.90. The number of aromatic amines is 1. The van der Waals surface area contributed by atoms with Crippen molar-refractivity contribution in [3.8, 4) is 0 Å². The van der Waals surface area contributed by atoms with Crippen molar-refractivity contribution in [1.82, 2.24) is 9.97 Å². The number of benzene rings is 1. The average Bonchev–Trinajstić information content (AvgIpc) is 2.76. The molecule has 5 nitrogen and oxygen atoms in total. The van der Waals surface area contributed by atoms with E-state index in [0.29, 0.717) is 6.54 Å². The molecule has 0 aliphatic heterocycles. The van der Waals surface area contributed by atoms with Crippen LogP contribution in [0.4, 0.5) is 0 Å². The van der Waals surface area contributed by atoms with Gasteiger partial charge in [0.05, 0.1) is 17.4 Å². The summed E-state index contributed by atoms with van der Waals surface area (Å²) in [5, 5.41) is 3.46. The summed E-state index contributed by atoms with van der Waals surface area (Å²) in [4.78, 5) is 9.90. The minimum atomic E-state index is 0.499. The fourth-order valence-corrected chi connectivity index (χ4v) is 1.45. The highest BCUT2D eigenvalue weighted by molar-refractivity contribution is 5.77. The molecule has 80 valence electrons. The second kappa shape index (κ2) is 5.00. The Bertz CT molecular complexity index is 548. The molecule has 0 saturated heterocycles. The van der Waals surface area contributed by atoms with Gasteiger partial charge in [0.25, 0.3) is 0 Å². The third-order valence-corrected chi connectivity index (χ3v) is 2.21. The van der Waals surface area contributed by atoms with Crippen LogP contribution in [0.25, 0.3) is 27.6 Å². The molecule has 1 N–H and O–H groups in total. The standard InChI is InChI=1S/C11H11N5/c12-16-15-6-2-1-3-9-4-5-10-11(7-9)14-8-13-10/h1,3-5,7-8H,2,6H2,(H,13,14). The van der Waals surface area contributed by atoms with E-state index in [9.17, 15) is 0 Å². The molecule has 0 aliphatic carbocycles. The number of nitrogens with zero attached hydrogens (tertiary/aromatic N) is 4. The lowest BCUT2D eigenvalue weighted by atomic mass is 10.2. The van der Waals surface area contributed by atoms with Gasteiger partial charge in [0.1, 0.15) is 0 Å². The molecule has 0 saturated carbocycles. The van der Waals surface area contributed by atoms with Crippen LogP contribution in [0, 0.1) is 0 Å². The molecular formula is C11H11N5. The van der Waals surface area contributed by atoms with E-state index in [2.05, 4.69) is 20.0 Å². The molecule has 5 heteroatoms. The third-order valence-electron chi connectivity index (χ3n) is 2.21. The topological polar surface area (TPSA) is 77.4 Å². The summed E-state index contributed by atoms with van der Waals surface area (Å²) in [6, 6.07) is 6.01. The summed E-state index contributed by atoms with van der Waals surface area (Å²) in [5.41, 5.74) is 11.2. The number of imidazole rings is 1. The fraction of sp³-hybridized carbons (Fsp3) is 0.182. The minimum Gasteiger partial charge on any atom is -0.345 e. The van der Waals surface area contributed by atoms with Crippen LogP contribution >= 0.6 is 0 Å². The number of fused-ring (bicyclic) bond motifs is 1. The molecular weight excluding hydrogens is 202 g/mol. The summed E-state index contributed by atoms with van der Waals surface area (Å²) in [7, 11) is 0. The lowest BCUT2D eigenvalue weighted by Crippen LogP contribution is -1.76. The molecule has 2 aromatic rings. The van der Waals surface area contributed by atoms with Crippen LogP contribution in [0.5, 0.6) is 0 Å². The SMILES string of the molecule is [N-]=[N+]=NCCC=Cc1ccc2nc[nH]c2c1. The van der Waals surface area contributed by atoms with Gasteiger partial charge >= 0.3 is 0 Å². The van der Waals surface area contributed by atoms with Gasteiger partial charge in [-0.05, 0) is 29.6 Å². The van der Waals surface area contributed by atoms with Crippen molar-refractivity contribution in [2.24, 2.45) is 5.11 Å². The van der Waals surface area contributed by atoms with Gasteiger partial charge in [-0.25, -0.2) is 4.98 Å². The van der Waals surface area contributed by atoms with Crippen LogP contribution in [0.3, 0.4) is 0 Å². The second-order valence-corrected chi connectivity index (χ2v) is 3.32. The summed E-state index contributed by atoms with van der Waals surface area (Å²) < 4.78 is 0.